The number of nitro benzene ring substituents is 1. The molecule has 0 radical (unpaired) electrons. The van der Waals surface area contributed by atoms with Gasteiger partial charge < -0.3 is 25.0 Å². The third-order valence-corrected chi connectivity index (χ3v) is 5.39. The van der Waals surface area contributed by atoms with Gasteiger partial charge in [-0.05, 0) is 24.3 Å². The molecule has 0 spiro atoms. The summed E-state index contributed by atoms with van der Waals surface area (Å²) >= 11 is 12.1. The van der Waals surface area contributed by atoms with E-state index in [1.807, 2.05) is 4.90 Å². The van der Waals surface area contributed by atoms with Gasteiger partial charge in [0.1, 0.15) is 5.69 Å². The third-order valence-electron chi connectivity index (χ3n) is 4.88. The molecule has 3 rings (SSSR count). The van der Waals surface area contributed by atoms with Crippen LogP contribution < -0.4 is 20.1 Å². The summed E-state index contributed by atoms with van der Waals surface area (Å²) in [6.45, 7) is 1.11. The van der Waals surface area contributed by atoms with Gasteiger partial charge in [-0.25, -0.2) is 0 Å². The first-order valence-corrected chi connectivity index (χ1v) is 10.2. The minimum absolute atomic E-state index is 0.0830. The fraction of sp³-hybridized carbons (Fsp3) is 0.300. The number of carbonyl (C=O) groups is 2. The number of hydrogen-bond donors (Lipinski definition) is 1. The van der Waals surface area contributed by atoms with Gasteiger partial charge in [-0.1, -0.05) is 23.2 Å². The molecule has 1 heterocycles. The summed E-state index contributed by atoms with van der Waals surface area (Å²) in [6, 6.07) is 7.41. The first-order chi connectivity index (χ1) is 15.2. The number of amides is 2. The highest BCUT2D eigenvalue weighted by molar-refractivity contribution is 6.32. The van der Waals surface area contributed by atoms with Crippen LogP contribution in [-0.2, 0) is 4.79 Å². The maximum absolute atomic E-state index is 13.0. The van der Waals surface area contributed by atoms with Crippen LogP contribution in [0.25, 0.3) is 0 Å². The molecule has 1 saturated heterocycles. The molecule has 32 heavy (non-hydrogen) atoms. The molecule has 1 aliphatic heterocycles. The lowest BCUT2D eigenvalue weighted by atomic mass is 10.1. The van der Waals surface area contributed by atoms with E-state index in [4.69, 9.17) is 38.4 Å². The first-order valence-electron chi connectivity index (χ1n) is 9.48. The Labute approximate surface area is 193 Å². The van der Waals surface area contributed by atoms with Crippen molar-refractivity contribution < 1.29 is 24.0 Å². The van der Waals surface area contributed by atoms with Crippen LogP contribution in [0.15, 0.2) is 30.3 Å². The molecule has 10 nitrogen and oxygen atoms in total. The lowest BCUT2D eigenvalue weighted by Gasteiger charge is -2.36. The van der Waals surface area contributed by atoms with Crippen LogP contribution in [-0.4, -0.2) is 61.5 Å². The maximum Gasteiger partial charge on any atom is 0.294 e. The normalized spacial score (nSPS) is 13.6. The minimum Gasteiger partial charge on any atom is -0.493 e. The molecule has 0 aromatic heterocycles. The zero-order chi connectivity index (χ0) is 23.4. The van der Waals surface area contributed by atoms with E-state index in [0.29, 0.717) is 31.9 Å². The SMILES string of the molecule is COc1cc(C(=O)N2CCN(c3ccc(Cl)cc3[N+](=O)[O-])CC2)cc(Cl)c1OCC(N)=O. The number of benzene rings is 2. The van der Waals surface area contributed by atoms with Crippen molar-refractivity contribution >= 4 is 46.4 Å². The topological polar surface area (TPSA) is 128 Å². The van der Waals surface area contributed by atoms with Crippen molar-refractivity contribution in [2.75, 3.05) is 44.8 Å². The van der Waals surface area contributed by atoms with Crippen molar-refractivity contribution in [1.29, 1.82) is 0 Å². The molecule has 2 aromatic carbocycles. The van der Waals surface area contributed by atoms with Gasteiger partial charge in [-0.15, -0.1) is 0 Å². The predicted octanol–water partition coefficient (Wildman–Crippen LogP) is 2.74. The molecule has 2 aromatic rings. The molecule has 1 aliphatic rings. The lowest BCUT2D eigenvalue weighted by molar-refractivity contribution is -0.384. The average molecular weight is 483 g/mol. The van der Waals surface area contributed by atoms with Crippen LogP contribution in [0.5, 0.6) is 11.5 Å². The summed E-state index contributed by atoms with van der Waals surface area (Å²) in [5.74, 6) is -0.652. The molecule has 0 aliphatic carbocycles. The van der Waals surface area contributed by atoms with E-state index >= 15 is 0 Å². The van der Waals surface area contributed by atoms with Gasteiger partial charge in [0.2, 0.25) is 0 Å². The Morgan fingerprint density at radius 1 is 1.16 bits per heavy atom. The van der Waals surface area contributed by atoms with Crippen molar-refractivity contribution in [3.63, 3.8) is 0 Å². The fourth-order valence-electron chi connectivity index (χ4n) is 3.37. The summed E-state index contributed by atoms with van der Waals surface area (Å²) in [5.41, 5.74) is 5.74. The number of rotatable bonds is 7. The fourth-order valence-corrected chi connectivity index (χ4v) is 3.80. The van der Waals surface area contributed by atoms with Gasteiger partial charge in [-0.2, -0.15) is 0 Å². The quantitative estimate of drug-likeness (QED) is 0.474. The third kappa shape index (κ3) is 5.14. The number of nitrogens with two attached hydrogens (primary N) is 1. The summed E-state index contributed by atoms with van der Waals surface area (Å²) in [7, 11) is 1.38. The molecule has 2 amide bonds. The second-order valence-electron chi connectivity index (χ2n) is 6.91. The monoisotopic (exact) mass is 482 g/mol. The van der Waals surface area contributed by atoms with Gasteiger partial charge in [0.25, 0.3) is 17.5 Å². The molecule has 0 atom stereocenters. The molecule has 0 saturated carbocycles. The average Bonchev–Trinajstić information content (AvgIpc) is 2.77. The smallest absolute Gasteiger partial charge is 0.294 e. The van der Waals surface area contributed by atoms with Gasteiger partial charge >= 0.3 is 0 Å². The molecule has 0 unspecified atom stereocenters. The van der Waals surface area contributed by atoms with Crippen LogP contribution >= 0.6 is 23.2 Å². The minimum atomic E-state index is -0.679. The summed E-state index contributed by atoms with van der Waals surface area (Å²) in [6.07, 6.45) is 0. The Morgan fingerprint density at radius 3 is 2.44 bits per heavy atom. The van der Waals surface area contributed by atoms with E-state index < -0.39 is 10.8 Å². The van der Waals surface area contributed by atoms with Crippen molar-refractivity contribution in [2.24, 2.45) is 5.73 Å². The highest BCUT2D eigenvalue weighted by Crippen LogP contribution is 2.37. The molecule has 170 valence electrons. The van der Waals surface area contributed by atoms with E-state index in [2.05, 4.69) is 0 Å². The largest absolute Gasteiger partial charge is 0.493 e. The number of piperazine rings is 1. The Kier molecular flexibility index (Phi) is 7.26. The van der Waals surface area contributed by atoms with E-state index in [-0.39, 0.29) is 45.3 Å². The van der Waals surface area contributed by atoms with Crippen LogP contribution in [0.3, 0.4) is 0 Å². The maximum atomic E-state index is 13.0. The number of halogens is 2. The highest BCUT2D eigenvalue weighted by Gasteiger charge is 2.27. The second kappa shape index (κ2) is 9.92. The lowest BCUT2D eigenvalue weighted by Crippen LogP contribution is -2.49. The Balaban J connectivity index is 1.74. The molecular weight excluding hydrogens is 463 g/mol. The molecule has 2 N–H and O–H groups in total. The van der Waals surface area contributed by atoms with Crippen LogP contribution in [0, 0.1) is 10.1 Å². The highest BCUT2D eigenvalue weighted by atomic mass is 35.5. The number of anilines is 1. The van der Waals surface area contributed by atoms with Crippen LogP contribution in [0.4, 0.5) is 11.4 Å². The number of hydrogen-bond acceptors (Lipinski definition) is 7. The van der Waals surface area contributed by atoms with E-state index in [9.17, 15) is 19.7 Å². The van der Waals surface area contributed by atoms with Gasteiger partial charge in [0.05, 0.1) is 17.1 Å². The number of nitro groups is 1. The van der Waals surface area contributed by atoms with Gasteiger partial charge in [0.15, 0.2) is 18.1 Å². The zero-order valence-electron chi connectivity index (χ0n) is 17.0. The standard InChI is InChI=1S/C20H20Cl2N4O6/c1-31-17-9-12(8-14(22)19(17)32-11-18(23)27)20(28)25-6-4-24(5-7-25)15-3-2-13(21)10-16(15)26(29)30/h2-3,8-10H,4-7,11H2,1H3,(H2,23,27). The van der Waals surface area contributed by atoms with Crippen LogP contribution in [0.1, 0.15) is 10.4 Å². The molecular formula is C20H20Cl2N4O6. The van der Waals surface area contributed by atoms with Crippen molar-refractivity contribution in [3.05, 3.63) is 56.1 Å². The van der Waals surface area contributed by atoms with Crippen molar-refractivity contribution in [3.8, 4) is 11.5 Å². The number of methoxy groups -OCH3 is 1. The van der Waals surface area contributed by atoms with E-state index in [1.54, 1.807) is 17.0 Å². The Bertz CT molecular complexity index is 1060. The molecule has 1 fully saturated rings. The van der Waals surface area contributed by atoms with Gasteiger partial charge in [0, 0.05) is 42.8 Å². The Morgan fingerprint density at radius 2 is 1.84 bits per heavy atom. The predicted molar refractivity (Wildman–Crippen MR) is 119 cm³/mol. The Hall–Kier alpha value is -3.24. The van der Waals surface area contributed by atoms with Gasteiger partial charge in [-0.3, -0.25) is 19.7 Å². The number of ether oxygens (including phenoxy) is 2. The van der Waals surface area contributed by atoms with E-state index in [0.717, 1.165) is 0 Å². The van der Waals surface area contributed by atoms with Crippen LogP contribution in [0.2, 0.25) is 10.0 Å². The molecule has 12 heteroatoms. The van der Waals surface area contributed by atoms with Crippen molar-refractivity contribution in [1.82, 2.24) is 4.90 Å². The molecule has 0 bridgehead atoms. The zero-order valence-corrected chi connectivity index (χ0v) is 18.6. The van der Waals surface area contributed by atoms with Crippen molar-refractivity contribution in [2.45, 2.75) is 0 Å². The second-order valence-corrected chi connectivity index (χ2v) is 7.76. The number of primary amides is 1. The first kappa shape index (κ1) is 23.4. The summed E-state index contributed by atoms with van der Waals surface area (Å²) < 4.78 is 10.5. The van der Waals surface area contributed by atoms with E-state index in [1.165, 1.54) is 25.3 Å². The number of carbonyl (C=O) groups excluding carboxylic acids is 2. The number of nitrogens with zero attached hydrogens (tertiary/aromatic N) is 3. The summed E-state index contributed by atoms with van der Waals surface area (Å²) in [4.78, 5) is 38.3. The summed E-state index contributed by atoms with van der Waals surface area (Å²) in [5, 5.41) is 11.8.